The maximum Gasteiger partial charge on any atom is 0.250 e. The summed E-state index contributed by atoms with van der Waals surface area (Å²) >= 11 is 0. The molecule has 0 saturated carbocycles. The lowest BCUT2D eigenvalue weighted by atomic mass is 9.76. The van der Waals surface area contributed by atoms with E-state index in [1.165, 1.54) is 25.4 Å². The SMILES string of the molecule is CC(C(C)(F)F)C1(N)C=CN=CC1N. The number of nitrogens with two attached hydrogens (primary N) is 2. The second-order valence-corrected chi connectivity index (χ2v) is 3.82. The van der Waals surface area contributed by atoms with Crippen molar-refractivity contribution in [1.82, 2.24) is 0 Å². The molecule has 0 saturated heterocycles. The smallest absolute Gasteiger partial charge is 0.250 e. The van der Waals surface area contributed by atoms with E-state index in [2.05, 4.69) is 4.99 Å². The number of halogens is 2. The van der Waals surface area contributed by atoms with Gasteiger partial charge in [-0.15, -0.1) is 0 Å². The second kappa shape index (κ2) is 3.40. The van der Waals surface area contributed by atoms with E-state index in [0.29, 0.717) is 0 Å². The fraction of sp³-hybridized carbons (Fsp3) is 0.667. The lowest BCUT2D eigenvalue weighted by molar-refractivity contribution is -0.0549. The predicted octanol–water partition coefficient (Wildman–Crippen LogP) is 0.901. The van der Waals surface area contributed by atoms with Crippen LogP contribution >= 0.6 is 0 Å². The predicted molar refractivity (Wildman–Crippen MR) is 52.3 cm³/mol. The topological polar surface area (TPSA) is 64.4 Å². The van der Waals surface area contributed by atoms with Crippen molar-refractivity contribution in [2.24, 2.45) is 22.4 Å². The average molecular weight is 203 g/mol. The monoisotopic (exact) mass is 203 g/mol. The molecule has 0 aromatic rings. The molecule has 4 N–H and O–H groups in total. The van der Waals surface area contributed by atoms with E-state index in [9.17, 15) is 8.78 Å². The fourth-order valence-electron chi connectivity index (χ4n) is 1.43. The molecular weight excluding hydrogens is 188 g/mol. The summed E-state index contributed by atoms with van der Waals surface area (Å²) in [5.41, 5.74) is 10.3. The van der Waals surface area contributed by atoms with Crippen LogP contribution in [0.4, 0.5) is 8.78 Å². The summed E-state index contributed by atoms with van der Waals surface area (Å²) in [6.45, 7) is 2.24. The van der Waals surface area contributed by atoms with E-state index in [1.807, 2.05) is 0 Å². The highest BCUT2D eigenvalue weighted by Gasteiger charge is 2.47. The Hall–Kier alpha value is -0.810. The summed E-state index contributed by atoms with van der Waals surface area (Å²) in [5.74, 6) is -3.89. The first-order chi connectivity index (χ1) is 6.28. The highest BCUT2D eigenvalue weighted by molar-refractivity contribution is 5.69. The minimum Gasteiger partial charge on any atom is -0.321 e. The molecule has 1 aliphatic heterocycles. The van der Waals surface area contributed by atoms with Gasteiger partial charge in [-0.3, -0.25) is 4.99 Å². The molecule has 0 amide bonds. The summed E-state index contributed by atoms with van der Waals surface area (Å²) in [6, 6.07) is -0.673. The van der Waals surface area contributed by atoms with Gasteiger partial charge >= 0.3 is 0 Å². The van der Waals surface area contributed by atoms with Gasteiger partial charge in [-0.25, -0.2) is 8.78 Å². The Labute approximate surface area is 81.9 Å². The molecule has 0 radical (unpaired) electrons. The van der Waals surface area contributed by atoms with Gasteiger partial charge in [0.2, 0.25) is 5.92 Å². The standard InChI is InChI=1S/C9H15F2N3/c1-6(8(2,10)11)9(13)3-4-14-5-7(9)12/h3-7H,12-13H2,1-2H3. The first kappa shape index (κ1) is 11.3. The number of rotatable bonds is 2. The molecule has 1 rings (SSSR count). The molecule has 14 heavy (non-hydrogen) atoms. The van der Waals surface area contributed by atoms with E-state index in [0.717, 1.165) is 6.92 Å². The van der Waals surface area contributed by atoms with Gasteiger partial charge in [-0.05, 0) is 13.0 Å². The van der Waals surface area contributed by atoms with E-state index in [1.54, 1.807) is 0 Å². The summed E-state index contributed by atoms with van der Waals surface area (Å²) in [6.07, 6.45) is 4.24. The molecular formula is C9H15F2N3. The van der Waals surface area contributed by atoms with Gasteiger partial charge in [0, 0.05) is 18.3 Å². The summed E-state index contributed by atoms with van der Waals surface area (Å²) in [4.78, 5) is 3.76. The Bertz CT molecular complexity index is 270. The number of alkyl halides is 2. The van der Waals surface area contributed by atoms with Crippen LogP contribution in [0.25, 0.3) is 0 Å². The molecule has 3 atom stereocenters. The molecule has 0 fully saturated rings. The van der Waals surface area contributed by atoms with Gasteiger partial charge < -0.3 is 11.5 Å². The van der Waals surface area contributed by atoms with Crippen molar-refractivity contribution < 1.29 is 8.78 Å². The molecule has 0 aliphatic carbocycles. The van der Waals surface area contributed by atoms with E-state index in [-0.39, 0.29) is 0 Å². The Morgan fingerprint density at radius 1 is 1.57 bits per heavy atom. The van der Waals surface area contributed by atoms with Crippen LogP contribution in [0.5, 0.6) is 0 Å². The molecule has 1 heterocycles. The lowest BCUT2D eigenvalue weighted by Gasteiger charge is -2.39. The first-order valence-corrected chi connectivity index (χ1v) is 4.42. The van der Waals surface area contributed by atoms with E-state index < -0.39 is 23.4 Å². The van der Waals surface area contributed by atoms with Crippen LogP contribution in [0.1, 0.15) is 13.8 Å². The molecule has 0 aromatic heterocycles. The van der Waals surface area contributed by atoms with Gasteiger partial charge in [0.1, 0.15) is 0 Å². The molecule has 3 unspecified atom stereocenters. The number of hydrogen-bond donors (Lipinski definition) is 2. The zero-order valence-corrected chi connectivity index (χ0v) is 8.24. The molecule has 80 valence electrons. The Morgan fingerprint density at radius 2 is 2.14 bits per heavy atom. The summed E-state index contributed by atoms with van der Waals surface area (Å²) in [7, 11) is 0. The van der Waals surface area contributed by atoms with Gasteiger partial charge in [-0.1, -0.05) is 6.92 Å². The maximum absolute atomic E-state index is 13.1. The minimum absolute atomic E-state index is 0.673. The number of nitrogens with zero attached hydrogens (tertiary/aromatic N) is 1. The normalized spacial score (nSPS) is 34.6. The average Bonchev–Trinajstić information content (AvgIpc) is 2.07. The second-order valence-electron chi connectivity index (χ2n) is 3.82. The van der Waals surface area contributed by atoms with Crippen molar-refractivity contribution in [3.63, 3.8) is 0 Å². The van der Waals surface area contributed by atoms with Crippen LogP contribution in [0.15, 0.2) is 17.3 Å². The van der Waals surface area contributed by atoms with Crippen molar-refractivity contribution in [3.8, 4) is 0 Å². The highest BCUT2D eigenvalue weighted by Crippen LogP contribution is 2.34. The molecule has 5 heteroatoms. The zero-order chi connectivity index (χ0) is 11.0. The Morgan fingerprint density at radius 3 is 2.57 bits per heavy atom. The van der Waals surface area contributed by atoms with Crippen LogP contribution in [-0.2, 0) is 0 Å². The van der Waals surface area contributed by atoms with Crippen molar-refractivity contribution in [2.75, 3.05) is 0 Å². The largest absolute Gasteiger partial charge is 0.321 e. The van der Waals surface area contributed by atoms with Crippen LogP contribution in [0.3, 0.4) is 0 Å². The maximum atomic E-state index is 13.1. The molecule has 3 nitrogen and oxygen atoms in total. The lowest BCUT2D eigenvalue weighted by Crippen LogP contribution is -2.63. The number of hydrogen-bond acceptors (Lipinski definition) is 3. The quantitative estimate of drug-likeness (QED) is 0.700. The summed E-state index contributed by atoms with van der Waals surface area (Å²) < 4.78 is 26.2. The third kappa shape index (κ3) is 1.83. The van der Waals surface area contributed by atoms with Crippen molar-refractivity contribution in [1.29, 1.82) is 0 Å². The van der Waals surface area contributed by atoms with Crippen LogP contribution in [0, 0.1) is 5.92 Å². The minimum atomic E-state index is -2.86. The van der Waals surface area contributed by atoms with Gasteiger partial charge in [-0.2, -0.15) is 0 Å². The van der Waals surface area contributed by atoms with Gasteiger partial charge in [0.05, 0.1) is 11.6 Å². The van der Waals surface area contributed by atoms with E-state index >= 15 is 0 Å². The Kier molecular flexibility index (Phi) is 2.74. The van der Waals surface area contributed by atoms with Gasteiger partial charge in [0.25, 0.3) is 0 Å². The Balaban J connectivity index is 2.95. The van der Waals surface area contributed by atoms with Crippen molar-refractivity contribution in [3.05, 3.63) is 12.3 Å². The fourth-order valence-corrected chi connectivity index (χ4v) is 1.43. The van der Waals surface area contributed by atoms with Crippen LogP contribution in [-0.4, -0.2) is 23.7 Å². The molecule has 0 bridgehead atoms. The van der Waals surface area contributed by atoms with Crippen LogP contribution < -0.4 is 11.5 Å². The van der Waals surface area contributed by atoms with Gasteiger partial charge in [0.15, 0.2) is 0 Å². The molecule has 1 aliphatic rings. The van der Waals surface area contributed by atoms with Crippen molar-refractivity contribution >= 4 is 6.21 Å². The van der Waals surface area contributed by atoms with E-state index in [4.69, 9.17) is 11.5 Å². The zero-order valence-electron chi connectivity index (χ0n) is 8.24. The third-order valence-electron chi connectivity index (χ3n) is 2.78. The van der Waals surface area contributed by atoms with Crippen molar-refractivity contribution in [2.45, 2.75) is 31.4 Å². The van der Waals surface area contributed by atoms with Crippen LogP contribution in [0.2, 0.25) is 0 Å². The third-order valence-corrected chi connectivity index (χ3v) is 2.78. The molecule has 0 aromatic carbocycles. The highest BCUT2D eigenvalue weighted by atomic mass is 19.3. The first-order valence-electron chi connectivity index (χ1n) is 4.42. The summed E-state index contributed by atoms with van der Waals surface area (Å²) in [5, 5.41) is 0. The number of aliphatic imine (C=N–C) groups is 1. The molecule has 0 spiro atoms.